The first-order chi connectivity index (χ1) is 11.2. The van der Waals surface area contributed by atoms with Crippen LogP contribution in [0.15, 0.2) is 35.1 Å². The summed E-state index contributed by atoms with van der Waals surface area (Å²) in [6.45, 7) is 1.88. The van der Waals surface area contributed by atoms with Crippen LogP contribution in [0.2, 0.25) is 0 Å². The van der Waals surface area contributed by atoms with Crippen molar-refractivity contribution in [3.63, 3.8) is 0 Å². The molecule has 0 fully saturated rings. The fourth-order valence-corrected chi connectivity index (χ4v) is 2.61. The zero-order valence-electron chi connectivity index (χ0n) is 12.7. The number of fused-ring (bicyclic) bond motifs is 1. The average Bonchev–Trinajstić information content (AvgIpc) is 2.51. The summed E-state index contributed by atoms with van der Waals surface area (Å²) >= 11 is 4.97. The number of hydrogen-bond donors (Lipinski definition) is 1. The predicted molar refractivity (Wildman–Crippen MR) is 87.3 cm³/mol. The molecule has 2 heterocycles. The van der Waals surface area contributed by atoms with Crippen molar-refractivity contribution in [3.05, 3.63) is 56.6 Å². The summed E-state index contributed by atoms with van der Waals surface area (Å²) in [4.78, 5) is 18.5. The Bertz CT molecular complexity index is 1050. The summed E-state index contributed by atoms with van der Waals surface area (Å²) in [5, 5.41) is -0.519. The third-order valence-corrected chi connectivity index (χ3v) is 4.10. The van der Waals surface area contributed by atoms with Crippen LogP contribution in [0.4, 0.5) is 13.2 Å². The van der Waals surface area contributed by atoms with Crippen LogP contribution < -0.4 is 5.56 Å². The lowest BCUT2D eigenvalue weighted by Crippen LogP contribution is -2.19. The van der Waals surface area contributed by atoms with Crippen LogP contribution in [0.25, 0.3) is 22.3 Å². The molecule has 0 atom stereocenters. The van der Waals surface area contributed by atoms with Gasteiger partial charge >= 0.3 is 6.18 Å². The molecule has 124 valence electrons. The third kappa shape index (κ3) is 2.73. The second-order valence-electron chi connectivity index (χ2n) is 5.44. The molecule has 0 amide bonds. The van der Waals surface area contributed by atoms with Crippen LogP contribution in [0.1, 0.15) is 11.1 Å². The Labute approximate surface area is 139 Å². The summed E-state index contributed by atoms with van der Waals surface area (Å²) in [7, 11) is 1.46. The minimum absolute atomic E-state index is 0.00850. The minimum Gasteiger partial charge on any atom is -0.306 e. The zero-order chi connectivity index (χ0) is 17.6. The number of alkyl halides is 3. The first-order valence-electron chi connectivity index (χ1n) is 6.97. The van der Waals surface area contributed by atoms with E-state index in [1.165, 1.54) is 11.6 Å². The second kappa shape index (κ2) is 5.55. The van der Waals surface area contributed by atoms with Crippen molar-refractivity contribution >= 4 is 23.3 Å². The van der Waals surface area contributed by atoms with Crippen molar-refractivity contribution in [2.24, 2.45) is 7.05 Å². The highest BCUT2D eigenvalue weighted by Gasteiger charge is 2.35. The summed E-state index contributed by atoms with van der Waals surface area (Å²) in [6, 6.07) is 7.83. The molecule has 0 aliphatic rings. The lowest BCUT2D eigenvalue weighted by Gasteiger charge is -2.14. The lowest BCUT2D eigenvalue weighted by molar-refractivity contribution is -0.136. The molecular formula is C16H12F3N3OS. The first-order valence-corrected chi connectivity index (χ1v) is 7.37. The van der Waals surface area contributed by atoms with Crippen molar-refractivity contribution in [2.45, 2.75) is 13.1 Å². The van der Waals surface area contributed by atoms with E-state index in [9.17, 15) is 18.0 Å². The van der Waals surface area contributed by atoms with E-state index in [2.05, 4.69) is 9.97 Å². The van der Waals surface area contributed by atoms with Gasteiger partial charge in [-0.3, -0.25) is 9.78 Å². The number of aromatic amines is 1. The van der Waals surface area contributed by atoms with E-state index >= 15 is 0 Å². The molecule has 0 spiro atoms. The van der Waals surface area contributed by atoms with E-state index in [0.29, 0.717) is 5.56 Å². The minimum atomic E-state index is -4.69. The van der Waals surface area contributed by atoms with E-state index < -0.39 is 22.7 Å². The number of aromatic nitrogens is 3. The summed E-state index contributed by atoms with van der Waals surface area (Å²) in [6.07, 6.45) is -4.69. The normalized spacial score (nSPS) is 11.9. The molecule has 3 aromatic rings. The van der Waals surface area contributed by atoms with Gasteiger partial charge in [-0.2, -0.15) is 13.2 Å². The lowest BCUT2D eigenvalue weighted by atomic mass is 10.0. The van der Waals surface area contributed by atoms with E-state index in [1.54, 1.807) is 24.3 Å². The maximum Gasteiger partial charge on any atom is 0.417 e. The fourth-order valence-electron chi connectivity index (χ4n) is 2.43. The molecule has 0 aliphatic carbocycles. The Balaban J connectivity index is 2.46. The molecule has 0 saturated heterocycles. The van der Waals surface area contributed by atoms with E-state index in [1.807, 2.05) is 6.92 Å². The summed E-state index contributed by atoms with van der Waals surface area (Å²) < 4.78 is 41.7. The van der Waals surface area contributed by atoms with Gasteiger partial charge < -0.3 is 4.57 Å². The average molecular weight is 351 g/mol. The molecule has 1 aromatic carbocycles. The van der Waals surface area contributed by atoms with Crippen LogP contribution in [-0.4, -0.2) is 14.5 Å². The van der Waals surface area contributed by atoms with Gasteiger partial charge in [0.05, 0.1) is 16.6 Å². The number of hydrogen-bond acceptors (Lipinski definition) is 3. The second-order valence-corrected chi connectivity index (χ2v) is 5.82. The molecule has 24 heavy (non-hydrogen) atoms. The third-order valence-electron chi connectivity index (χ3n) is 3.72. The number of benzene rings is 1. The van der Waals surface area contributed by atoms with Crippen molar-refractivity contribution in [2.75, 3.05) is 0 Å². The van der Waals surface area contributed by atoms with Gasteiger partial charge in [0.25, 0.3) is 5.56 Å². The van der Waals surface area contributed by atoms with E-state index in [-0.39, 0.29) is 16.1 Å². The molecule has 2 aromatic heterocycles. The summed E-state index contributed by atoms with van der Waals surface area (Å²) in [5.41, 5.74) is -0.400. The van der Waals surface area contributed by atoms with Crippen molar-refractivity contribution in [3.8, 4) is 11.3 Å². The largest absolute Gasteiger partial charge is 0.417 e. The van der Waals surface area contributed by atoms with E-state index in [4.69, 9.17) is 12.2 Å². The molecule has 0 bridgehead atoms. The topological polar surface area (TPSA) is 50.7 Å². The van der Waals surface area contributed by atoms with Gasteiger partial charge in [0.1, 0.15) is 5.65 Å². The SMILES string of the molecule is Cc1ccc(-c2cc(C(F)(F)F)c3c(=O)[nH]c(=S)n(C)c3n2)cc1. The molecule has 1 N–H and O–H groups in total. The van der Waals surface area contributed by atoms with Crippen molar-refractivity contribution in [1.29, 1.82) is 0 Å². The molecule has 0 unspecified atom stereocenters. The Morgan fingerprint density at radius 3 is 2.42 bits per heavy atom. The number of halogens is 3. The van der Waals surface area contributed by atoms with Crippen LogP contribution in [0.3, 0.4) is 0 Å². The number of H-pyrrole nitrogens is 1. The monoisotopic (exact) mass is 351 g/mol. The Morgan fingerprint density at radius 2 is 1.83 bits per heavy atom. The van der Waals surface area contributed by atoms with Crippen molar-refractivity contribution < 1.29 is 13.2 Å². The maximum atomic E-state index is 13.5. The van der Waals surface area contributed by atoms with E-state index in [0.717, 1.165) is 11.6 Å². The molecular weight excluding hydrogens is 339 g/mol. The quantitative estimate of drug-likeness (QED) is 0.675. The molecule has 0 saturated carbocycles. The highest BCUT2D eigenvalue weighted by molar-refractivity contribution is 7.71. The Hall–Kier alpha value is -2.48. The van der Waals surface area contributed by atoms with Gasteiger partial charge in [-0.05, 0) is 25.2 Å². The zero-order valence-corrected chi connectivity index (χ0v) is 13.5. The number of aryl methyl sites for hydroxylation is 2. The first kappa shape index (κ1) is 16.4. The maximum absolute atomic E-state index is 13.5. The molecule has 0 aliphatic heterocycles. The van der Waals surface area contributed by atoms with Gasteiger partial charge in [0.15, 0.2) is 4.77 Å². The highest BCUT2D eigenvalue weighted by atomic mass is 32.1. The van der Waals surface area contributed by atoms with Gasteiger partial charge in [-0.15, -0.1) is 0 Å². The molecule has 4 nitrogen and oxygen atoms in total. The van der Waals surface area contributed by atoms with Crippen molar-refractivity contribution in [1.82, 2.24) is 14.5 Å². The van der Waals surface area contributed by atoms with Crippen LogP contribution in [-0.2, 0) is 13.2 Å². The number of nitrogens with one attached hydrogen (secondary N) is 1. The number of pyridine rings is 1. The standard InChI is InChI=1S/C16H12F3N3OS/c1-8-3-5-9(6-4-8)11-7-10(16(17,18)19)12-13(20-11)22(2)15(24)21-14(12)23/h3-7H,1-2H3,(H,21,23,24). The van der Waals surface area contributed by atoms with Gasteiger partial charge in [-0.1, -0.05) is 29.8 Å². The van der Waals surface area contributed by atoms with Crippen LogP contribution >= 0.6 is 12.2 Å². The van der Waals surface area contributed by atoms with Gasteiger partial charge in [-0.25, -0.2) is 4.98 Å². The van der Waals surface area contributed by atoms with Gasteiger partial charge in [0, 0.05) is 12.6 Å². The predicted octanol–water partition coefficient (Wildman–Crippen LogP) is 3.99. The number of nitrogens with zero attached hydrogens (tertiary/aromatic N) is 2. The highest BCUT2D eigenvalue weighted by Crippen LogP contribution is 2.35. The number of rotatable bonds is 1. The fraction of sp³-hybridized carbons (Fsp3) is 0.188. The summed E-state index contributed by atoms with van der Waals surface area (Å²) in [5.74, 6) is 0. The Kier molecular flexibility index (Phi) is 3.79. The smallest absolute Gasteiger partial charge is 0.306 e. The van der Waals surface area contributed by atoms with Crippen LogP contribution in [0.5, 0.6) is 0 Å². The Morgan fingerprint density at radius 1 is 1.21 bits per heavy atom. The molecule has 0 radical (unpaired) electrons. The molecule has 3 rings (SSSR count). The van der Waals surface area contributed by atoms with Gasteiger partial charge in [0.2, 0.25) is 0 Å². The van der Waals surface area contributed by atoms with Crippen LogP contribution in [0, 0.1) is 11.7 Å². The molecule has 8 heteroatoms.